The van der Waals surface area contributed by atoms with Crippen molar-refractivity contribution in [3.05, 3.63) is 12.2 Å². The van der Waals surface area contributed by atoms with Crippen LogP contribution in [0.5, 0.6) is 0 Å². The normalized spacial score (nSPS) is 31.2. The van der Waals surface area contributed by atoms with Crippen LogP contribution in [0.4, 0.5) is 0 Å². The molecule has 0 amide bonds. The molecule has 0 aromatic heterocycles. The summed E-state index contributed by atoms with van der Waals surface area (Å²) in [4.78, 5) is 22.8. The monoisotopic (exact) mass is 292 g/mol. The van der Waals surface area contributed by atoms with Gasteiger partial charge in [0.25, 0.3) is 0 Å². The van der Waals surface area contributed by atoms with Gasteiger partial charge in [-0.15, -0.1) is 0 Å². The van der Waals surface area contributed by atoms with Gasteiger partial charge in [0, 0.05) is 0 Å². The van der Waals surface area contributed by atoms with Gasteiger partial charge in [-0.2, -0.15) is 0 Å². The molecule has 0 spiro atoms. The fraction of sp³-hybridized carbons (Fsp3) is 0.778. The summed E-state index contributed by atoms with van der Waals surface area (Å²) in [7, 11) is 0. The predicted octanol–water partition coefficient (Wildman–Crippen LogP) is 4.20. The molecule has 2 fully saturated rings. The molecule has 2 saturated carbocycles. The maximum atomic E-state index is 12.3. The number of aldehydes is 1. The third-order valence-corrected chi connectivity index (χ3v) is 5.38. The second-order valence-corrected chi connectivity index (χ2v) is 6.68. The molecule has 0 saturated heterocycles. The highest BCUT2D eigenvalue weighted by atomic mass is 16.5. The zero-order valence-corrected chi connectivity index (χ0v) is 13.2. The quantitative estimate of drug-likeness (QED) is 0.433. The van der Waals surface area contributed by atoms with Gasteiger partial charge < -0.3 is 4.74 Å². The average Bonchev–Trinajstić information content (AvgIpc) is 2.54. The van der Waals surface area contributed by atoms with E-state index in [1.54, 1.807) is 6.08 Å². The number of allylic oxidation sites excluding steroid dienone is 2. The Kier molecular flexibility index (Phi) is 6.01. The van der Waals surface area contributed by atoms with Crippen molar-refractivity contribution in [2.75, 3.05) is 0 Å². The first-order valence-corrected chi connectivity index (χ1v) is 8.52. The highest BCUT2D eigenvalue weighted by Gasteiger charge is 2.35. The Hall–Kier alpha value is -1.12. The third-order valence-electron chi connectivity index (χ3n) is 5.38. The van der Waals surface area contributed by atoms with Crippen molar-refractivity contribution in [1.82, 2.24) is 0 Å². The van der Waals surface area contributed by atoms with Crippen molar-refractivity contribution in [1.29, 1.82) is 0 Å². The lowest BCUT2D eigenvalue weighted by Crippen LogP contribution is -2.32. The number of hydrogen-bond acceptors (Lipinski definition) is 3. The first-order valence-electron chi connectivity index (χ1n) is 8.52. The van der Waals surface area contributed by atoms with Crippen LogP contribution in [0.25, 0.3) is 0 Å². The summed E-state index contributed by atoms with van der Waals surface area (Å²) in [5.74, 6) is 0.0854. The first kappa shape index (κ1) is 16.3. The average molecular weight is 292 g/mol. The van der Waals surface area contributed by atoms with Gasteiger partial charge in [-0.25, -0.2) is 0 Å². The van der Waals surface area contributed by atoms with Crippen molar-refractivity contribution >= 4 is 12.3 Å². The lowest BCUT2D eigenvalue weighted by molar-refractivity contribution is -0.157. The van der Waals surface area contributed by atoms with Crippen molar-refractivity contribution in [2.45, 2.75) is 77.2 Å². The minimum Gasteiger partial charge on any atom is -0.462 e. The molecular weight excluding hydrogens is 264 g/mol. The fourth-order valence-electron chi connectivity index (χ4n) is 3.75. The molecule has 0 aromatic carbocycles. The topological polar surface area (TPSA) is 43.4 Å². The molecule has 0 N–H and O–H groups in total. The lowest BCUT2D eigenvalue weighted by atomic mass is 9.69. The van der Waals surface area contributed by atoms with E-state index >= 15 is 0 Å². The summed E-state index contributed by atoms with van der Waals surface area (Å²) in [6, 6.07) is 0. The molecule has 3 nitrogen and oxygen atoms in total. The number of carbonyl (C=O) groups excluding carboxylic acids is 2. The molecule has 0 unspecified atom stereocenters. The Balaban J connectivity index is 1.83. The Morgan fingerprint density at radius 1 is 1.14 bits per heavy atom. The second kappa shape index (κ2) is 7.77. The van der Waals surface area contributed by atoms with E-state index < -0.39 is 0 Å². The predicted molar refractivity (Wildman–Crippen MR) is 82.9 cm³/mol. The van der Waals surface area contributed by atoms with Crippen LogP contribution in [0.2, 0.25) is 0 Å². The van der Waals surface area contributed by atoms with E-state index in [0.29, 0.717) is 0 Å². The molecule has 2 aliphatic rings. The first-order chi connectivity index (χ1) is 10.2. The van der Waals surface area contributed by atoms with Crippen molar-refractivity contribution in [3.63, 3.8) is 0 Å². The summed E-state index contributed by atoms with van der Waals surface area (Å²) in [5.41, 5.74) is 0.114. The smallest absolute Gasteiger partial charge is 0.309 e. The van der Waals surface area contributed by atoms with Gasteiger partial charge >= 0.3 is 5.97 Å². The van der Waals surface area contributed by atoms with Crippen molar-refractivity contribution < 1.29 is 14.3 Å². The minimum absolute atomic E-state index is 0.0194. The van der Waals surface area contributed by atoms with Gasteiger partial charge in [0.1, 0.15) is 12.4 Å². The number of esters is 1. The van der Waals surface area contributed by atoms with Crippen molar-refractivity contribution in [2.24, 2.45) is 11.3 Å². The van der Waals surface area contributed by atoms with E-state index in [2.05, 4.69) is 6.92 Å². The van der Waals surface area contributed by atoms with E-state index in [1.807, 2.05) is 6.08 Å². The summed E-state index contributed by atoms with van der Waals surface area (Å²) in [6.07, 6.45) is 15.2. The van der Waals surface area contributed by atoms with Gasteiger partial charge in [-0.05, 0) is 69.3 Å². The summed E-state index contributed by atoms with van der Waals surface area (Å²) < 4.78 is 5.70. The summed E-state index contributed by atoms with van der Waals surface area (Å²) in [6.45, 7) is 2.16. The van der Waals surface area contributed by atoms with E-state index in [0.717, 1.165) is 51.2 Å². The van der Waals surface area contributed by atoms with Crippen LogP contribution in [0.3, 0.4) is 0 Å². The van der Waals surface area contributed by atoms with E-state index in [1.165, 1.54) is 19.3 Å². The molecule has 0 aliphatic heterocycles. The summed E-state index contributed by atoms with van der Waals surface area (Å²) >= 11 is 0. The van der Waals surface area contributed by atoms with Gasteiger partial charge in [-0.1, -0.05) is 19.4 Å². The molecule has 2 aliphatic carbocycles. The molecule has 0 aromatic rings. The Labute approximate surface area is 128 Å². The highest BCUT2D eigenvalue weighted by Crippen LogP contribution is 2.43. The van der Waals surface area contributed by atoms with E-state index in [-0.39, 0.29) is 23.4 Å². The van der Waals surface area contributed by atoms with Crippen LogP contribution in [0.15, 0.2) is 12.2 Å². The SMILES string of the molecule is CC[C@]1(C=CC=O)CC[C@@H](C(=O)OC2CCCCC2)CC1. The number of carbonyl (C=O) groups is 2. The lowest BCUT2D eigenvalue weighted by Gasteiger charge is -2.37. The molecular formula is C18H28O3. The van der Waals surface area contributed by atoms with Crippen LogP contribution in [-0.2, 0) is 14.3 Å². The fourth-order valence-corrected chi connectivity index (χ4v) is 3.75. The maximum absolute atomic E-state index is 12.3. The van der Waals surface area contributed by atoms with E-state index in [9.17, 15) is 9.59 Å². The van der Waals surface area contributed by atoms with Gasteiger partial charge in [0.2, 0.25) is 0 Å². The maximum Gasteiger partial charge on any atom is 0.309 e. The van der Waals surface area contributed by atoms with Crippen LogP contribution in [0, 0.1) is 11.3 Å². The molecule has 0 heterocycles. The van der Waals surface area contributed by atoms with Gasteiger partial charge in [0.05, 0.1) is 5.92 Å². The molecule has 0 atom stereocenters. The molecule has 0 radical (unpaired) electrons. The standard InChI is InChI=1S/C18H28O3/c1-2-18(11-6-14-19)12-9-15(10-13-18)17(20)21-16-7-4-3-5-8-16/h6,11,14-16H,2-5,7-10,12-13H2,1H3/t15-,18+. The summed E-state index contributed by atoms with van der Waals surface area (Å²) in [5, 5.41) is 0. The molecule has 2 rings (SSSR count). The Morgan fingerprint density at radius 2 is 1.81 bits per heavy atom. The Morgan fingerprint density at radius 3 is 2.38 bits per heavy atom. The van der Waals surface area contributed by atoms with Crippen LogP contribution >= 0.6 is 0 Å². The molecule has 3 heteroatoms. The molecule has 0 bridgehead atoms. The van der Waals surface area contributed by atoms with Gasteiger partial charge in [-0.3, -0.25) is 9.59 Å². The Bertz CT molecular complexity index is 372. The zero-order chi connectivity index (χ0) is 15.1. The minimum atomic E-state index is 0.0194. The van der Waals surface area contributed by atoms with Gasteiger partial charge in [0.15, 0.2) is 0 Å². The molecule has 21 heavy (non-hydrogen) atoms. The van der Waals surface area contributed by atoms with E-state index in [4.69, 9.17) is 4.74 Å². The van der Waals surface area contributed by atoms with Crippen LogP contribution < -0.4 is 0 Å². The third kappa shape index (κ3) is 4.42. The largest absolute Gasteiger partial charge is 0.462 e. The zero-order valence-electron chi connectivity index (χ0n) is 13.2. The number of hydrogen-bond donors (Lipinski definition) is 0. The van der Waals surface area contributed by atoms with Crippen LogP contribution in [0.1, 0.15) is 71.1 Å². The van der Waals surface area contributed by atoms with Crippen LogP contribution in [-0.4, -0.2) is 18.4 Å². The number of rotatable bonds is 5. The number of ether oxygens (including phenoxy) is 1. The highest BCUT2D eigenvalue weighted by molar-refractivity contribution is 5.72. The second-order valence-electron chi connectivity index (χ2n) is 6.68. The molecule has 118 valence electrons. The van der Waals surface area contributed by atoms with Crippen molar-refractivity contribution in [3.8, 4) is 0 Å².